The van der Waals surface area contributed by atoms with Gasteiger partial charge in [-0.25, -0.2) is 17.6 Å². The minimum atomic E-state index is -0.825. The molecule has 0 radical (unpaired) electrons. The quantitative estimate of drug-likeness (QED) is 0.117. The Morgan fingerprint density at radius 1 is 0.694 bits per heavy atom. The number of halogens is 5. The first kappa shape index (κ1) is 26.0. The van der Waals surface area contributed by atoms with Crippen LogP contribution in [-0.2, 0) is 25.7 Å². The summed E-state index contributed by atoms with van der Waals surface area (Å²) >= 11 is 5.53. The van der Waals surface area contributed by atoms with E-state index in [0.29, 0.717) is 53.7 Å². The molecule has 0 amide bonds. The van der Waals surface area contributed by atoms with E-state index < -0.39 is 16.7 Å². The summed E-state index contributed by atoms with van der Waals surface area (Å²) in [5.41, 5.74) is 2.46. The number of fused-ring (bicyclic) bond motifs is 1. The van der Waals surface area contributed by atoms with Crippen molar-refractivity contribution >= 4 is 22.4 Å². The molecule has 1 nitrogen and oxygen atoms in total. The van der Waals surface area contributed by atoms with Crippen molar-refractivity contribution < 1.29 is 22.3 Å². The molecule has 0 aliphatic carbocycles. The van der Waals surface area contributed by atoms with Gasteiger partial charge >= 0.3 is 0 Å². The fourth-order valence-electron chi connectivity index (χ4n) is 4.20. The van der Waals surface area contributed by atoms with Crippen molar-refractivity contribution in [2.24, 2.45) is 0 Å². The van der Waals surface area contributed by atoms with E-state index in [-0.39, 0.29) is 18.1 Å². The average Bonchev–Trinajstić information content (AvgIpc) is 2.86. The molecular formula is C30H27ClF4O. The SMILES string of the molecule is CCCCOc1ccc(CCc2ccc3c(F)c(CCc4cc(F)c(Cl)c(F)c4)ccc3c2)c(F)c1. The monoisotopic (exact) mass is 514 g/mol. The molecule has 4 rings (SSSR count). The highest BCUT2D eigenvalue weighted by Gasteiger charge is 2.12. The van der Waals surface area contributed by atoms with Crippen LogP contribution in [0.4, 0.5) is 17.6 Å². The van der Waals surface area contributed by atoms with Gasteiger partial charge in [0.05, 0.1) is 6.61 Å². The summed E-state index contributed by atoms with van der Waals surface area (Å²) in [5.74, 6) is -1.75. The van der Waals surface area contributed by atoms with Gasteiger partial charge in [0.25, 0.3) is 0 Å². The summed E-state index contributed by atoms with van der Waals surface area (Å²) in [5, 5.41) is 0.685. The second-order valence-electron chi connectivity index (χ2n) is 8.92. The average molecular weight is 515 g/mol. The first-order valence-electron chi connectivity index (χ1n) is 12.1. The van der Waals surface area contributed by atoms with Crippen molar-refractivity contribution in [2.45, 2.75) is 45.4 Å². The molecule has 0 aliphatic heterocycles. The molecule has 0 aromatic heterocycles. The number of aryl methyl sites for hydroxylation is 4. The van der Waals surface area contributed by atoms with Crippen molar-refractivity contribution in [2.75, 3.05) is 6.61 Å². The number of unbranched alkanes of at least 4 members (excludes halogenated alkanes) is 1. The molecule has 0 atom stereocenters. The van der Waals surface area contributed by atoms with Crippen molar-refractivity contribution in [3.63, 3.8) is 0 Å². The maximum atomic E-state index is 15.1. The Bertz CT molecular complexity index is 1350. The van der Waals surface area contributed by atoms with Gasteiger partial charge in [-0.2, -0.15) is 0 Å². The van der Waals surface area contributed by atoms with Crippen LogP contribution in [0.1, 0.15) is 42.0 Å². The van der Waals surface area contributed by atoms with Gasteiger partial charge < -0.3 is 4.74 Å². The topological polar surface area (TPSA) is 9.23 Å². The highest BCUT2D eigenvalue weighted by Crippen LogP contribution is 2.26. The van der Waals surface area contributed by atoms with E-state index in [0.717, 1.165) is 23.8 Å². The molecule has 0 fully saturated rings. The second-order valence-corrected chi connectivity index (χ2v) is 9.30. The second kappa shape index (κ2) is 11.8. The van der Waals surface area contributed by atoms with Gasteiger partial charge in [0.1, 0.15) is 34.0 Å². The standard InChI is InChI=1S/C30H27ClF4O/c1-2-3-14-36-24-12-11-21(26(32)18-24)7-4-19-6-13-25-23(15-19)10-9-22(30(25)35)8-5-20-16-27(33)29(31)28(34)17-20/h6,9-13,15-18H,2-5,7-8,14H2,1H3. The zero-order valence-electron chi connectivity index (χ0n) is 20.0. The minimum absolute atomic E-state index is 0.277. The highest BCUT2D eigenvalue weighted by molar-refractivity contribution is 6.30. The normalized spacial score (nSPS) is 11.3. The van der Waals surface area contributed by atoms with Crippen LogP contribution in [0.25, 0.3) is 10.8 Å². The third-order valence-electron chi connectivity index (χ3n) is 6.30. The molecule has 188 valence electrons. The summed E-state index contributed by atoms with van der Waals surface area (Å²) in [4.78, 5) is 0. The predicted octanol–water partition coefficient (Wildman–Crippen LogP) is 8.80. The maximum Gasteiger partial charge on any atom is 0.145 e. The fraction of sp³-hybridized carbons (Fsp3) is 0.267. The van der Waals surface area contributed by atoms with Crippen LogP contribution >= 0.6 is 11.6 Å². The summed E-state index contributed by atoms with van der Waals surface area (Å²) in [6, 6.07) is 16.3. The summed E-state index contributed by atoms with van der Waals surface area (Å²) in [7, 11) is 0. The van der Waals surface area contributed by atoms with Crippen LogP contribution < -0.4 is 4.74 Å². The van der Waals surface area contributed by atoms with Gasteiger partial charge in [0.2, 0.25) is 0 Å². The third kappa shape index (κ3) is 6.19. The van der Waals surface area contributed by atoms with E-state index in [9.17, 15) is 13.2 Å². The Morgan fingerprint density at radius 3 is 2.11 bits per heavy atom. The molecule has 0 spiro atoms. The summed E-state index contributed by atoms with van der Waals surface area (Å²) in [6.07, 6.45) is 3.64. The Hall–Kier alpha value is -3.05. The zero-order valence-corrected chi connectivity index (χ0v) is 20.8. The Labute approximate surface area is 213 Å². The first-order valence-corrected chi connectivity index (χ1v) is 12.5. The van der Waals surface area contributed by atoms with Gasteiger partial charge in [0, 0.05) is 11.5 Å². The van der Waals surface area contributed by atoms with Crippen molar-refractivity contribution in [3.8, 4) is 5.75 Å². The smallest absolute Gasteiger partial charge is 0.145 e. The van der Waals surface area contributed by atoms with E-state index in [4.69, 9.17) is 16.3 Å². The molecule has 6 heteroatoms. The van der Waals surface area contributed by atoms with E-state index in [2.05, 4.69) is 6.92 Å². The molecule has 0 heterocycles. The molecule has 0 bridgehead atoms. The van der Waals surface area contributed by atoms with Gasteiger partial charge in [0.15, 0.2) is 0 Å². The van der Waals surface area contributed by atoms with Gasteiger partial charge in [-0.05, 0) is 77.9 Å². The zero-order chi connectivity index (χ0) is 25.7. The molecular weight excluding hydrogens is 488 g/mol. The van der Waals surface area contributed by atoms with Gasteiger partial charge in [-0.3, -0.25) is 0 Å². The van der Waals surface area contributed by atoms with E-state index in [1.807, 2.05) is 18.2 Å². The number of benzene rings is 4. The van der Waals surface area contributed by atoms with E-state index in [1.165, 1.54) is 18.2 Å². The predicted molar refractivity (Wildman–Crippen MR) is 137 cm³/mol. The van der Waals surface area contributed by atoms with Crippen molar-refractivity contribution in [1.82, 2.24) is 0 Å². The number of hydrogen-bond donors (Lipinski definition) is 0. The number of hydrogen-bond acceptors (Lipinski definition) is 1. The summed E-state index contributed by atoms with van der Waals surface area (Å²) < 4.78 is 62.6. The first-order chi connectivity index (χ1) is 17.4. The molecule has 4 aromatic carbocycles. The van der Waals surface area contributed by atoms with E-state index in [1.54, 1.807) is 24.3 Å². The lowest BCUT2D eigenvalue weighted by atomic mass is 9.97. The molecule has 0 saturated heterocycles. The third-order valence-corrected chi connectivity index (χ3v) is 6.66. The van der Waals surface area contributed by atoms with Crippen LogP contribution in [0.3, 0.4) is 0 Å². The Morgan fingerprint density at radius 2 is 1.39 bits per heavy atom. The maximum absolute atomic E-state index is 15.1. The van der Waals surface area contributed by atoms with Crippen LogP contribution in [-0.4, -0.2) is 6.61 Å². The summed E-state index contributed by atoms with van der Waals surface area (Å²) in [6.45, 7) is 2.64. The van der Waals surface area contributed by atoms with Crippen molar-refractivity contribution in [3.05, 3.63) is 111 Å². The lowest BCUT2D eigenvalue weighted by Gasteiger charge is -2.10. The van der Waals surface area contributed by atoms with Crippen LogP contribution in [0, 0.1) is 23.3 Å². The van der Waals surface area contributed by atoms with Crippen LogP contribution in [0.15, 0.2) is 60.7 Å². The van der Waals surface area contributed by atoms with Gasteiger partial charge in [-0.1, -0.05) is 61.3 Å². The van der Waals surface area contributed by atoms with Crippen LogP contribution in [0.5, 0.6) is 5.75 Å². The van der Waals surface area contributed by atoms with Crippen LogP contribution in [0.2, 0.25) is 5.02 Å². The molecule has 0 unspecified atom stereocenters. The fourth-order valence-corrected chi connectivity index (χ4v) is 4.31. The minimum Gasteiger partial charge on any atom is -0.493 e. The number of ether oxygens (including phenoxy) is 1. The Balaban J connectivity index is 1.42. The molecule has 36 heavy (non-hydrogen) atoms. The molecule has 4 aromatic rings. The van der Waals surface area contributed by atoms with Gasteiger partial charge in [-0.15, -0.1) is 0 Å². The molecule has 0 N–H and O–H groups in total. The highest BCUT2D eigenvalue weighted by atomic mass is 35.5. The Kier molecular flexibility index (Phi) is 8.52. The number of rotatable bonds is 10. The molecule has 0 aliphatic rings. The van der Waals surface area contributed by atoms with Crippen molar-refractivity contribution in [1.29, 1.82) is 0 Å². The lowest BCUT2D eigenvalue weighted by Crippen LogP contribution is -2.00. The lowest BCUT2D eigenvalue weighted by molar-refractivity contribution is 0.307. The molecule has 0 saturated carbocycles. The van der Waals surface area contributed by atoms with E-state index >= 15 is 4.39 Å². The largest absolute Gasteiger partial charge is 0.493 e.